The van der Waals surface area contributed by atoms with E-state index in [2.05, 4.69) is 42.0 Å². The van der Waals surface area contributed by atoms with Crippen molar-refractivity contribution in [2.75, 3.05) is 38.4 Å². The van der Waals surface area contributed by atoms with Crippen molar-refractivity contribution in [2.24, 2.45) is 4.99 Å². The molecular formula is C12H27N3S2. The Balaban J connectivity index is 3.71. The Kier molecular flexibility index (Phi) is 9.93. The topological polar surface area (TPSA) is 36.4 Å². The van der Waals surface area contributed by atoms with Crippen LogP contribution in [0.15, 0.2) is 4.99 Å². The number of nitrogens with zero attached hydrogens (tertiary/aromatic N) is 1. The second-order valence-electron chi connectivity index (χ2n) is 4.52. The Bertz CT molecular complexity index is 218. The molecule has 0 bridgehead atoms. The maximum absolute atomic E-state index is 4.22. The first kappa shape index (κ1) is 17.0. The van der Waals surface area contributed by atoms with Gasteiger partial charge in [-0.2, -0.15) is 23.5 Å². The molecule has 0 heterocycles. The molecule has 0 aliphatic rings. The van der Waals surface area contributed by atoms with E-state index in [1.165, 1.54) is 18.6 Å². The van der Waals surface area contributed by atoms with Crippen LogP contribution < -0.4 is 10.6 Å². The van der Waals surface area contributed by atoms with Gasteiger partial charge in [0.1, 0.15) is 0 Å². The van der Waals surface area contributed by atoms with E-state index in [0.717, 1.165) is 19.0 Å². The fourth-order valence-electron chi connectivity index (χ4n) is 1.17. The minimum Gasteiger partial charge on any atom is -0.356 e. The lowest BCUT2D eigenvalue weighted by Gasteiger charge is -2.23. The highest BCUT2D eigenvalue weighted by Gasteiger charge is 2.15. The van der Waals surface area contributed by atoms with Crippen LogP contribution in [0.4, 0.5) is 0 Å². The summed E-state index contributed by atoms with van der Waals surface area (Å²) in [5, 5.41) is 6.71. The van der Waals surface area contributed by atoms with E-state index >= 15 is 0 Å². The zero-order valence-electron chi connectivity index (χ0n) is 11.8. The largest absolute Gasteiger partial charge is 0.356 e. The molecule has 0 aliphatic heterocycles. The van der Waals surface area contributed by atoms with Gasteiger partial charge >= 0.3 is 0 Å². The molecule has 3 nitrogen and oxygen atoms in total. The van der Waals surface area contributed by atoms with E-state index in [-0.39, 0.29) is 4.75 Å². The quantitative estimate of drug-likeness (QED) is 0.406. The van der Waals surface area contributed by atoms with Crippen molar-refractivity contribution in [2.45, 2.75) is 31.4 Å². The number of aliphatic imine (C=N–C) groups is 1. The normalized spacial score (nSPS) is 12.6. The molecule has 0 spiro atoms. The third-order valence-electron chi connectivity index (χ3n) is 2.53. The number of rotatable bonds is 8. The molecule has 5 heteroatoms. The van der Waals surface area contributed by atoms with Crippen LogP contribution in [0.3, 0.4) is 0 Å². The van der Waals surface area contributed by atoms with Gasteiger partial charge in [0.25, 0.3) is 0 Å². The van der Waals surface area contributed by atoms with Crippen LogP contribution in [0.5, 0.6) is 0 Å². The Morgan fingerprint density at radius 2 is 1.88 bits per heavy atom. The molecule has 0 amide bonds. The molecule has 0 aliphatic carbocycles. The minimum absolute atomic E-state index is 0.246. The van der Waals surface area contributed by atoms with Gasteiger partial charge in [-0.05, 0) is 45.0 Å². The summed E-state index contributed by atoms with van der Waals surface area (Å²) in [7, 11) is 1.82. The van der Waals surface area contributed by atoms with Crippen molar-refractivity contribution in [3.05, 3.63) is 0 Å². The second kappa shape index (κ2) is 9.95. The van der Waals surface area contributed by atoms with E-state index in [9.17, 15) is 0 Å². The van der Waals surface area contributed by atoms with Crippen LogP contribution in [0.25, 0.3) is 0 Å². The molecule has 0 saturated carbocycles. The van der Waals surface area contributed by atoms with E-state index in [1.807, 2.05) is 30.6 Å². The van der Waals surface area contributed by atoms with Gasteiger partial charge in [-0.1, -0.05) is 0 Å². The summed E-state index contributed by atoms with van der Waals surface area (Å²) in [6.07, 6.45) is 6.76. The Morgan fingerprint density at radius 1 is 1.18 bits per heavy atom. The fraction of sp³-hybridized carbons (Fsp3) is 0.917. The molecular weight excluding hydrogens is 250 g/mol. The van der Waals surface area contributed by atoms with Crippen LogP contribution in [0.2, 0.25) is 0 Å². The Hall–Kier alpha value is -0.0300. The van der Waals surface area contributed by atoms with Crippen LogP contribution in [-0.2, 0) is 0 Å². The molecule has 0 radical (unpaired) electrons. The fourth-order valence-corrected chi connectivity index (χ4v) is 1.88. The number of thioether (sulfide) groups is 2. The van der Waals surface area contributed by atoms with Crippen LogP contribution in [0, 0.1) is 0 Å². The molecule has 0 saturated heterocycles. The lowest BCUT2D eigenvalue weighted by Crippen LogP contribution is -2.43. The van der Waals surface area contributed by atoms with Gasteiger partial charge in [-0.15, -0.1) is 0 Å². The van der Waals surface area contributed by atoms with Gasteiger partial charge in [-0.25, -0.2) is 0 Å². The third kappa shape index (κ3) is 9.65. The summed E-state index contributed by atoms with van der Waals surface area (Å²) in [6.45, 7) is 6.39. The van der Waals surface area contributed by atoms with Crippen molar-refractivity contribution in [3.8, 4) is 0 Å². The number of guanidine groups is 1. The van der Waals surface area contributed by atoms with Crippen molar-refractivity contribution < 1.29 is 0 Å². The Labute approximate surface area is 115 Å². The van der Waals surface area contributed by atoms with Gasteiger partial charge in [0.2, 0.25) is 0 Å². The monoisotopic (exact) mass is 277 g/mol. The average Bonchev–Trinajstić information content (AvgIpc) is 2.32. The van der Waals surface area contributed by atoms with Crippen molar-refractivity contribution in [1.29, 1.82) is 0 Å². The molecule has 0 unspecified atom stereocenters. The smallest absolute Gasteiger partial charge is 0.191 e. The molecule has 0 aromatic rings. The molecule has 0 fully saturated rings. The average molecular weight is 278 g/mol. The van der Waals surface area contributed by atoms with Crippen LogP contribution in [0.1, 0.15) is 26.7 Å². The van der Waals surface area contributed by atoms with E-state index < -0.39 is 0 Å². The van der Waals surface area contributed by atoms with Crippen LogP contribution in [-0.4, -0.2) is 49.1 Å². The van der Waals surface area contributed by atoms with Gasteiger partial charge < -0.3 is 10.6 Å². The summed E-state index contributed by atoms with van der Waals surface area (Å²) in [4.78, 5) is 4.22. The summed E-state index contributed by atoms with van der Waals surface area (Å²) >= 11 is 3.77. The maximum atomic E-state index is 4.22. The first-order valence-electron chi connectivity index (χ1n) is 6.04. The summed E-state index contributed by atoms with van der Waals surface area (Å²) in [5.74, 6) is 2.16. The van der Waals surface area contributed by atoms with E-state index in [4.69, 9.17) is 0 Å². The molecule has 0 atom stereocenters. The number of nitrogens with one attached hydrogen (secondary N) is 2. The third-order valence-corrected chi connectivity index (χ3v) is 4.47. The van der Waals surface area contributed by atoms with Crippen molar-refractivity contribution in [3.63, 3.8) is 0 Å². The Morgan fingerprint density at radius 3 is 2.41 bits per heavy atom. The minimum atomic E-state index is 0.246. The second-order valence-corrected chi connectivity index (χ2v) is 7.02. The molecule has 0 rings (SSSR count). The lowest BCUT2D eigenvalue weighted by molar-refractivity contribution is 0.658. The predicted molar refractivity (Wildman–Crippen MR) is 84.6 cm³/mol. The highest BCUT2D eigenvalue weighted by molar-refractivity contribution is 8.00. The molecule has 0 aromatic carbocycles. The standard InChI is InChI=1S/C12H27N3S2/c1-12(2,17-5)10-15-11(13-3)14-8-6-7-9-16-4/h6-10H2,1-5H3,(H2,13,14,15). The van der Waals surface area contributed by atoms with Crippen LogP contribution >= 0.6 is 23.5 Å². The van der Waals surface area contributed by atoms with Crippen molar-refractivity contribution >= 4 is 29.5 Å². The first-order valence-corrected chi connectivity index (χ1v) is 8.66. The summed E-state index contributed by atoms with van der Waals surface area (Å²) in [6, 6.07) is 0. The van der Waals surface area contributed by atoms with E-state index in [1.54, 1.807) is 0 Å². The highest BCUT2D eigenvalue weighted by atomic mass is 32.2. The number of unbranched alkanes of at least 4 members (excludes halogenated alkanes) is 1. The van der Waals surface area contributed by atoms with Gasteiger partial charge in [0.05, 0.1) is 0 Å². The zero-order valence-corrected chi connectivity index (χ0v) is 13.4. The summed E-state index contributed by atoms with van der Waals surface area (Å²) in [5.41, 5.74) is 0. The molecule has 2 N–H and O–H groups in total. The molecule has 0 aromatic heterocycles. The zero-order chi connectivity index (χ0) is 13.1. The van der Waals surface area contributed by atoms with E-state index in [0.29, 0.717) is 0 Å². The highest BCUT2D eigenvalue weighted by Crippen LogP contribution is 2.19. The van der Waals surface area contributed by atoms with Gasteiger partial charge in [-0.3, -0.25) is 4.99 Å². The van der Waals surface area contributed by atoms with Gasteiger partial charge in [0.15, 0.2) is 5.96 Å². The number of hydrogen-bond acceptors (Lipinski definition) is 3. The van der Waals surface area contributed by atoms with Gasteiger partial charge in [0, 0.05) is 24.9 Å². The van der Waals surface area contributed by atoms with Crippen molar-refractivity contribution in [1.82, 2.24) is 10.6 Å². The maximum Gasteiger partial charge on any atom is 0.191 e. The first-order chi connectivity index (χ1) is 8.05. The number of hydrogen-bond donors (Lipinski definition) is 2. The predicted octanol–water partition coefficient (Wildman–Crippen LogP) is 2.44. The molecule has 17 heavy (non-hydrogen) atoms. The summed E-state index contributed by atoms with van der Waals surface area (Å²) < 4.78 is 0.246. The SMILES string of the molecule is CN=C(NCCCCSC)NCC(C)(C)SC. The molecule has 102 valence electrons. The lowest BCUT2D eigenvalue weighted by atomic mass is 10.2.